The molecule has 5 atom stereocenters. The molecule has 3 aliphatic carbocycles. The first-order valence-corrected chi connectivity index (χ1v) is 10.7. The van der Waals surface area contributed by atoms with Gasteiger partial charge in [-0.1, -0.05) is 0 Å². The lowest BCUT2D eigenvalue weighted by molar-refractivity contribution is -0.167. The normalized spacial score (nSPS) is 30.4. The quantitative estimate of drug-likeness (QED) is 0.321. The lowest BCUT2D eigenvalue weighted by Gasteiger charge is -2.48. The van der Waals surface area contributed by atoms with Crippen LogP contribution in [0.1, 0.15) is 39.1 Å². The van der Waals surface area contributed by atoms with Crippen molar-refractivity contribution < 1.29 is 44.0 Å². The number of phenols is 1. The molecule has 2 unspecified atom stereocenters. The second-order valence-corrected chi connectivity index (χ2v) is 9.05. The highest BCUT2D eigenvalue weighted by molar-refractivity contribution is 6.16. The minimum absolute atomic E-state index is 0.0448. The summed E-state index contributed by atoms with van der Waals surface area (Å²) in [6.07, 6.45) is 0.470. The summed E-state index contributed by atoms with van der Waals surface area (Å²) in [4.78, 5) is 49.7. The van der Waals surface area contributed by atoms with Crippen molar-refractivity contribution in [1.29, 1.82) is 0 Å². The van der Waals surface area contributed by atoms with E-state index in [0.717, 1.165) is 0 Å². The van der Waals surface area contributed by atoms with Crippen molar-refractivity contribution in [3.05, 3.63) is 52.5 Å². The molecule has 10 nitrogen and oxygen atoms in total. The van der Waals surface area contributed by atoms with E-state index in [1.54, 1.807) is 0 Å². The van der Waals surface area contributed by atoms with Crippen LogP contribution in [0.3, 0.4) is 0 Å². The highest BCUT2D eigenvalue weighted by Gasteiger charge is 2.62. The predicted octanol–water partition coefficient (Wildman–Crippen LogP) is 0.818. The molecule has 10 heteroatoms. The topological polar surface area (TPSA) is 188 Å². The zero-order valence-electron chi connectivity index (χ0n) is 17.7. The summed E-state index contributed by atoms with van der Waals surface area (Å²) in [6.45, 7) is 0. The lowest BCUT2D eigenvalue weighted by atomic mass is 9.57. The summed E-state index contributed by atoms with van der Waals surface area (Å²) in [7, 11) is 0. The van der Waals surface area contributed by atoms with Gasteiger partial charge in [0.15, 0.2) is 23.5 Å². The van der Waals surface area contributed by atoms with Gasteiger partial charge >= 0.3 is 0 Å². The van der Waals surface area contributed by atoms with E-state index in [4.69, 9.17) is 10.2 Å². The maximum absolute atomic E-state index is 13.5. The molecule has 0 radical (unpaired) electrons. The van der Waals surface area contributed by atoms with Crippen LogP contribution in [0.4, 0.5) is 0 Å². The van der Waals surface area contributed by atoms with Crippen LogP contribution in [0, 0.1) is 17.8 Å². The number of carbonyl (C=O) groups is 4. The van der Waals surface area contributed by atoms with Gasteiger partial charge in [0, 0.05) is 17.1 Å². The largest absolute Gasteiger partial charge is 0.508 e. The molecule has 1 fully saturated rings. The molecule has 1 heterocycles. The lowest BCUT2D eigenvalue weighted by Crippen LogP contribution is -2.63. The predicted molar refractivity (Wildman–Crippen MR) is 114 cm³/mol. The molecule has 0 bridgehead atoms. The average Bonchev–Trinajstić information content (AvgIpc) is 3.24. The van der Waals surface area contributed by atoms with Crippen molar-refractivity contribution in [1.82, 2.24) is 0 Å². The van der Waals surface area contributed by atoms with Crippen molar-refractivity contribution >= 4 is 23.8 Å². The molecular formula is C24H21NO9. The first-order valence-electron chi connectivity index (χ1n) is 10.7. The number of fused-ring (bicyclic) bond motifs is 3. The fourth-order valence-corrected chi connectivity index (χ4v) is 5.77. The average molecular weight is 467 g/mol. The van der Waals surface area contributed by atoms with Crippen molar-refractivity contribution in [2.75, 3.05) is 0 Å². The number of aldehydes is 1. The van der Waals surface area contributed by atoms with Gasteiger partial charge in [-0.05, 0) is 48.9 Å². The molecule has 0 aliphatic heterocycles. The van der Waals surface area contributed by atoms with Gasteiger partial charge in [-0.3, -0.25) is 19.2 Å². The van der Waals surface area contributed by atoms with Crippen molar-refractivity contribution in [2.45, 2.75) is 31.0 Å². The molecule has 3 aliphatic rings. The maximum atomic E-state index is 13.5. The molecule has 0 saturated heterocycles. The number of Topliss-reactive ketones (excluding diaryl/α,β-unsaturated/α-hetero) is 2. The Balaban J connectivity index is 1.69. The first-order chi connectivity index (χ1) is 16.1. The van der Waals surface area contributed by atoms with Gasteiger partial charge in [0.05, 0.1) is 23.5 Å². The number of hydrogen-bond acceptors (Lipinski definition) is 9. The first kappa shape index (κ1) is 22.1. The molecule has 1 aromatic carbocycles. The monoisotopic (exact) mass is 467 g/mol. The van der Waals surface area contributed by atoms with Gasteiger partial charge in [0.2, 0.25) is 5.91 Å². The number of aliphatic hydroxyl groups excluding tert-OH is 2. The van der Waals surface area contributed by atoms with Gasteiger partial charge in [-0.15, -0.1) is 0 Å². The molecular weight excluding hydrogens is 446 g/mol. The number of primary amides is 1. The fraction of sp³-hybridized carbons (Fsp3) is 0.333. The van der Waals surface area contributed by atoms with E-state index in [-0.39, 0.29) is 47.5 Å². The Hall–Kier alpha value is -3.76. The minimum Gasteiger partial charge on any atom is -0.508 e. The third kappa shape index (κ3) is 2.75. The molecule has 2 aromatic rings. The number of benzene rings is 1. The Morgan fingerprint density at radius 2 is 1.91 bits per heavy atom. The molecule has 6 N–H and O–H groups in total. The Morgan fingerprint density at radius 1 is 1.18 bits per heavy atom. The van der Waals surface area contributed by atoms with Crippen LogP contribution in [0.5, 0.6) is 5.75 Å². The third-order valence-corrected chi connectivity index (χ3v) is 7.34. The highest BCUT2D eigenvalue weighted by Crippen LogP contribution is 2.52. The standard InChI is InChI=1S/C24H21NO9/c25-23(32)18-15(28)7-11-5-10-6-13-12(20-9(8-26)3-4-34-20)1-2-14(27)17(13)19(29)16(10)21(30)24(11,33)22(18)31/h1-4,8,10-11,15,18,27-28,30,33H,5-7H2,(H2,25,32)/t10-,11+,15?,18?,24+/m1/s1. The summed E-state index contributed by atoms with van der Waals surface area (Å²) in [5.41, 5.74) is 3.37. The number of hydrogen-bond donors (Lipinski definition) is 5. The summed E-state index contributed by atoms with van der Waals surface area (Å²) in [6, 6.07) is 4.24. The SMILES string of the molecule is NC(=O)C1C(=O)[C@@]2(O)C(O)=C3C(=O)c4c(O)ccc(-c5occc5C=O)c4C[C@H]3C[C@H]2CC1O. The van der Waals surface area contributed by atoms with E-state index in [9.17, 15) is 39.6 Å². The Labute approximate surface area is 192 Å². The Morgan fingerprint density at radius 3 is 2.59 bits per heavy atom. The number of nitrogens with two attached hydrogens (primary N) is 1. The van der Waals surface area contributed by atoms with Crippen LogP contribution in [0.2, 0.25) is 0 Å². The zero-order valence-corrected chi connectivity index (χ0v) is 17.7. The molecule has 1 amide bonds. The van der Waals surface area contributed by atoms with Gasteiger partial charge in [-0.25, -0.2) is 0 Å². The Bertz CT molecular complexity index is 1310. The maximum Gasteiger partial charge on any atom is 0.230 e. The number of carbonyl (C=O) groups excluding carboxylic acids is 4. The van der Waals surface area contributed by atoms with Crippen molar-refractivity contribution in [3.8, 4) is 17.1 Å². The van der Waals surface area contributed by atoms with Crippen molar-refractivity contribution in [3.63, 3.8) is 0 Å². The van der Waals surface area contributed by atoms with Crippen LogP contribution >= 0.6 is 0 Å². The van der Waals surface area contributed by atoms with Crippen LogP contribution in [0.15, 0.2) is 40.2 Å². The molecule has 5 rings (SSSR count). The minimum atomic E-state index is -2.56. The number of rotatable bonds is 3. The number of furan rings is 1. The van der Waals surface area contributed by atoms with Crippen LogP contribution in [-0.4, -0.2) is 55.9 Å². The number of ketones is 2. The molecule has 34 heavy (non-hydrogen) atoms. The summed E-state index contributed by atoms with van der Waals surface area (Å²) in [5, 5.41) is 43.2. The van der Waals surface area contributed by atoms with E-state index in [1.165, 1.54) is 24.5 Å². The fourth-order valence-electron chi connectivity index (χ4n) is 5.77. The summed E-state index contributed by atoms with van der Waals surface area (Å²) >= 11 is 0. The van der Waals surface area contributed by atoms with Crippen LogP contribution in [0.25, 0.3) is 11.3 Å². The van der Waals surface area contributed by atoms with Crippen LogP contribution < -0.4 is 5.73 Å². The second-order valence-electron chi connectivity index (χ2n) is 9.05. The molecule has 1 aromatic heterocycles. The molecule has 1 saturated carbocycles. The number of amides is 1. The van der Waals surface area contributed by atoms with E-state index >= 15 is 0 Å². The number of allylic oxidation sites excluding steroid dienone is 1. The third-order valence-electron chi connectivity index (χ3n) is 7.34. The summed E-state index contributed by atoms with van der Waals surface area (Å²) < 4.78 is 5.46. The van der Waals surface area contributed by atoms with Crippen LogP contribution in [-0.2, 0) is 16.0 Å². The number of phenolic OH excluding ortho intramolecular Hbond substituents is 1. The van der Waals surface area contributed by atoms with E-state index in [2.05, 4.69) is 0 Å². The van der Waals surface area contributed by atoms with Gasteiger partial charge in [0.1, 0.15) is 23.2 Å². The van der Waals surface area contributed by atoms with E-state index in [0.29, 0.717) is 17.4 Å². The van der Waals surface area contributed by atoms with Crippen molar-refractivity contribution in [2.24, 2.45) is 23.5 Å². The van der Waals surface area contributed by atoms with E-state index < -0.39 is 52.7 Å². The van der Waals surface area contributed by atoms with Gasteiger partial charge in [-0.2, -0.15) is 0 Å². The molecule has 0 spiro atoms. The molecule has 176 valence electrons. The second kappa shape index (κ2) is 7.37. The van der Waals surface area contributed by atoms with Gasteiger partial charge < -0.3 is 30.6 Å². The number of aromatic hydroxyl groups is 1. The number of aliphatic hydroxyl groups is 3. The summed E-state index contributed by atoms with van der Waals surface area (Å²) in [5.74, 6) is -7.49. The van der Waals surface area contributed by atoms with Gasteiger partial charge in [0.25, 0.3) is 0 Å². The van der Waals surface area contributed by atoms with E-state index in [1.807, 2.05) is 0 Å². The highest BCUT2D eigenvalue weighted by atomic mass is 16.4. The zero-order chi connectivity index (χ0) is 24.5. The smallest absolute Gasteiger partial charge is 0.230 e. The Kier molecular flexibility index (Phi) is 4.78.